The number of nitrogens with zero attached hydrogens (tertiary/aromatic N) is 2. The first-order valence-electron chi connectivity index (χ1n) is 15.0. The van der Waals surface area contributed by atoms with Crippen molar-refractivity contribution >= 4 is 23.6 Å². The molecule has 5 saturated carbocycles. The van der Waals surface area contributed by atoms with Gasteiger partial charge in [0.05, 0.1) is 11.7 Å². The molecule has 4 unspecified atom stereocenters. The first-order chi connectivity index (χ1) is 19.6. The molecule has 7 fully saturated rings. The third-order valence-electron chi connectivity index (χ3n) is 11.4. The summed E-state index contributed by atoms with van der Waals surface area (Å²) in [6.45, 7) is 4.56. The van der Waals surface area contributed by atoms with Crippen LogP contribution in [0.5, 0.6) is 0 Å². The van der Waals surface area contributed by atoms with Crippen LogP contribution < -0.4 is 16.0 Å². The zero-order valence-corrected chi connectivity index (χ0v) is 23.8. The van der Waals surface area contributed by atoms with Crippen molar-refractivity contribution in [2.24, 2.45) is 40.4 Å². The Bertz CT molecular complexity index is 1230. The second-order valence-electron chi connectivity index (χ2n) is 14.5. The maximum absolute atomic E-state index is 14.4. The van der Waals surface area contributed by atoms with Crippen molar-refractivity contribution in [3.8, 4) is 6.07 Å². The van der Waals surface area contributed by atoms with Crippen molar-refractivity contribution in [2.45, 2.75) is 95.1 Å². The molecule has 7 aliphatic rings. The Hall–Kier alpha value is -2.88. The Morgan fingerprint density at radius 2 is 1.83 bits per heavy atom. The summed E-state index contributed by atoms with van der Waals surface area (Å²) in [5.74, 6) is -4.41. The summed E-state index contributed by atoms with van der Waals surface area (Å²) in [7, 11) is 0. The Morgan fingerprint density at radius 3 is 2.38 bits per heavy atom. The van der Waals surface area contributed by atoms with Crippen molar-refractivity contribution < 1.29 is 37.5 Å². The van der Waals surface area contributed by atoms with E-state index in [0.717, 1.165) is 6.42 Å². The molecule has 13 heteroatoms. The minimum absolute atomic E-state index is 0.0449. The van der Waals surface area contributed by atoms with Gasteiger partial charge in [0.25, 0.3) is 0 Å². The third kappa shape index (κ3) is 4.74. The number of hydrogen-bond acceptors (Lipinski definition) is 6. The highest BCUT2D eigenvalue weighted by Crippen LogP contribution is 2.66. The molecule has 4 bridgehead atoms. The maximum Gasteiger partial charge on any atom is 0.471 e. The van der Waals surface area contributed by atoms with Crippen molar-refractivity contribution in [1.29, 1.82) is 5.26 Å². The average molecular weight is 594 g/mol. The largest absolute Gasteiger partial charge is 0.471 e. The van der Waals surface area contributed by atoms with E-state index in [1.54, 1.807) is 0 Å². The van der Waals surface area contributed by atoms with E-state index in [1.165, 1.54) is 4.90 Å². The number of nitriles is 1. The molecule has 7 rings (SSSR count). The van der Waals surface area contributed by atoms with Crippen LogP contribution in [0.15, 0.2) is 0 Å². The molecule has 0 aromatic carbocycles. The lowest BCUT2D eigenvalue weighted by Crippen LogP contribution is -2.68. The molecule has 2 saturated heterocycles. The van der Waals surface area contributed by atoms with E-state index < -0.39 is 59.0 Å². The SMILES string of the molecule is CC1(C)[C@@H]2[C@@H](C(=O)N[C@H](C#N)CC3CCNC3=O)N(C(=O)C(NC(=O)C(F)(F)F)C34C[C@@H]5C[C@@H](CC(O)(C5)C3)C4)C[C@@H]21. The third-order valence-corrected chi connectivity index (χ3v) is 11.4. The van der Waals surface area contributed by atoms with Crippen LogP contribution in [0.3, 0.4) is 0 Å². The molecule has 10 atom stereocenters. The predicted molar refractivity (Wildman–Crippen MR) is 140 cm³/mol. The molecular weight excluding hydrogens is 555 g/mol. The van der Waals surface area contributed by atoms with Gasteiger partial charge in [0, 0.05) is 24.4 Å². The number of halogens is 3. The van der Waals surface area contributed by atoms with E-state index in [-0.39, 0.29) is 54.4 Å². The molecule has 42 heavy (non-hydrogen) atoms. The minimum atomic E-state index is -5.21. The summed E-state index contributed by atoms with van der Waals surface area (Å²) in [4.78, 5) is 53.8. The summed E-state index contributed by atoms with van der Waals surface area (Å²) in [5, 5.41) is 28.5. The van der Waals surface area contributed by atoms with Crippen LogP contribution in [0.4, 0.5) is 13.2 Å². The topological polar surface area (TPSA) is 152 Å². The van der Waals surface area contributed by atoms with Gasteiger partial charge >= 0.3 is 12.1 Å². The Kier molecular flexibility index (Phi) is 6.65. The van der Waals surface area contributed by atoms with E-state index in [4.69, 9.17) is 0 Å². The van der Waals surface area contributed by atoms with Gasteiger partial charge in [-0.1, -0.05) is 13.8 Å². The molecule has 2 heterocycles. The van der Waals surface area contributed by atoms with Gasteiger partial charge < -0.3 is 26.0 Å². The number of amides is 4. The van der Waals surface area contributed by atoms with Gasteiger partial charge in [-0.05, 0) is 80.5 Å². The van der Waals surface area contributed by atoms with Gasteiger partial charge in [0.1, 0.15) is 18.1 Å². The van der Waals surface area contributed by atoms with Crippen LogP contribution in [0.2, 0.25) is 0 Å². The molecule has 0 radical (unpaired) electrons. The molecule has 4 N–H and O–H groups in total. The normalized spacial score (nSPS) is 40.5. The first-order valence-corrected chi connectivity index (χ1v) is 15.0. The Balaban J connectivity index is 1.28. The van der Waals surface area contributed by atoms with E-state index in [0.29, 0.717) is 38.6 Å². The molecule has 0 aromatic rings. The molecule has 230 valence electrons. The lowest BCUT2D eigenvalue weighted by atomic mass is 9.46. The van der Waals surface area contributed by atoms with Gasteiger partial charge in [-0.25, -0.2) is 0 Å². The number of nitrogens with one attached hydrogen (secondary N) is 3. The lowest BCUT2D eigenvalue weighted by Gasteiger charge is -2.62. The summed E-state index contributed by atoms with van der Waals surface area (Å²) < 4.78 is 40.6. The van der Waals surface area contributed by atoms with Crippen LogP contribution >= 0.6 is 0 Å². The molecule has 0 aromatic heterocycles. The van der Waals surface area contributed by atoms with E-state index >= 15 is 0 Å². The summed E-state index contributed by atoms with van der Waals surface area (Å²) in [6, 6.07) is -1.53. The lowest BCUT2D eigenvalue weighted by molar-refractivity contribution is -0.191. The second-order valence-corrected chi connectivity index (χ2v) is 14.5. The monoisotopic (exact) mass is 593 g/mol. The highest BCUT2D eigenvalue weighted by atomic mass is 19.4. The summed E-state index contributed by atoms with van der Waals surface area (Å²) >= 11 is 0. The second kappa shape index (κ2) is 9.56. The smallest absolute Gasteiger partial charge is 0.390 e. The fourth-order valence-electron chi connectivity index (χ4n) is 9.85. The van der Waals surface area contributed by atoms with Gasteiger partial charge in [0.2, 0.25) is 17.7 Å². The van der Waals surface area contributed by atoms with Gasteiger partial charge in [-0.2, -0.15) is 18.4 Å². The maximum atomic E-state index is 14.4. The van der Waals surface area contributed by atoms with Crippen molar-refractivity contribution in [2.75, 3.05) is 13.1 Å². The Labute approximate surface area is 242 Å². The summed E-state index contributed by atoms with van der Waals surface area (Å²) in [5.41, 5.74) is -2.44. The van der Waals surface area contributed by atoms with Crippen LogP contribution in [0.1, 0.15) is 65.2 Å². The predicted octanol–water partition coefficient (Wildman–Crippen LogP) is 1.38. The van der Waals surface area contributed by atoms with Gasteiger partial charge in [0.15, 0.2) is 0 Å². The molecule has 2 aliphatic heterocycles. The fraction of sp³-hybridized carbons (Fsp3) is 0.828. The zero-order chi connectivity index (χ0) is 30.4. The first kappa shape index (κ1) is 29.2. The van der Waals surface area contributed by atoms with E-state index in [1.807, 2.05) is 25.2 Å². The number of alkyl halides is 3. The number of likely N-dealkylation sites (tertiary alicyclic amines) is 1. The van der Waals surface area contributed by atoms with Crippen LogP contribution in [0, 0.1) is 51.8 Å². The van der Waals surface area contributed by atoms with Crippen LogP contribution in [0.25, 0.3) is 0 Å². The van der Waals surface area contributed by atoms with E-state index in [9.17, 15) is 42.7 Å². The molecule has 5 aliphatic carbocycles. The average Bonchev–Trinajstić information content (AvgIpc) is 3.22. The molecule has 4 amide bonds. The molecule has 0 spiro atoms. The van der Waals surface area contributed by atoms with Crippen LogP contribution in [-0.2, 0) is 19.2 Å². The number of aliphatic hydroxyl groups is 1. The zero-order valence-electron chi connectivity index (χ0n) is 23.8. The number of piperidine rings is 1. The van der Waals surface area contributed by atoms with Crippen molar-refractivity contribution in [3.63, 3.8) is 0 Å². The summed E-state index contributed by atoms with van der Waals surface area (Å²) in [6.07, 6.45) is -1.72. The standard InChI is InChI=1S/C29H38F3N5O5/c1-26(2)18-12-37(20(19(18)26)23(39)35-17(11-33)6-16-3-4-34-22(16)38)24(40)21(36-25(41)29(30,31)32)27-7-14-5-15(8-27)10-28(42,9-14)13-27/h14-21,42H,3-10,12-13H2,1-2H3,(H,34,38)(H,35,39)(H,36,41)/t14-,15+,16?,17-,18-,19-,20-,21?,27?,28?/m0/s1. The number of carbonyl (C=O) groups excluding carboxylic acids is 4. The van der Waals surface area contributed by atoms with Crippen LogP contribution in [-0.4, -0.2) is 76.6 Å². The van der Waals surface area contributed by atoms with E-state index in [2.05, 4.69) is 10.6 Å². The molecular formula is C29H38F3N5O5. The fourth-order valence-corrected chi connectivity index (χ4v) is 9.85. The number of hydrogen-bond donors (Lipinski definition) is 4. The number of rotatable bonds is 7. The highest BCUT2D eigenvalue weighted by Gasteiger charge is 2.71. The molecule has 10 nitrogen and oxygen atoms in total. The van der Waals surface area contributed by atoms with Gasteiger partial charge in [-0.3, -0.25) is 19.2 Å². The van der Waals surface area contributed by atoms with Crippen molar-refractivity contribution in [1.82, 2.24) is 20.9 Å². The highest BCUT2D eigenvalue weighted by molar-refractivity contribution is 5.95. The van der Waals surface area contributed by atoms with Gasteiger partial charge in [-0.15, -0.1) is 0 Å². The van der Waals surface area contributed by atoms with Crippen molar-refractivity contribution in [3.05, 3.63) is 0 Å². The quantitative estimate of drug-likeness (QED) is 0.350. The number of fused-ring (bicyclic) bond motifs is 1. The minimum Gasteiger partial charge on any atom is -0.390 e. The number of carbonyl (C=O) groups is 4. The Morgan fingerprint density at radius 1 is 1.17 bits per heavy atom.